The number of carboxylic acid groups (broad SMARTS) is 1. The number of hydrogen-bond acceptors (Lipinski definition) is 3. The standard InChI is InChI=1S/C14H16O4/c15-12(16)9-14(7-4-8-14)13(17)18-10-11-5-2-1-3-6-11/h1-3,5-6H,4,7-10H2,(H,15,16). The van der Waals surface area contributed by atoms with Crippen molar-refractivity contribution in [1.82, 2.24) is 0 Å². The van der Waals surface area contributed by atoms with Gasteiger partial charge in [0.25, 0.3) is 0 Å². The van der Waals surface area contributed by atoms with Crippen molar-refractivity contribution in [3.63, 3.8) is 0 Å². The lowest BCUT2D eigenvalue weighted by Gasteiger charge is -2.37. The molecule has 0 heterocycles. The predicted octanol–water partition coefficient (Wildman–Crippen LogP) is 2.37. The molecule has 4 nitrogen and oxygen atoms in total. The van der Waals surface area contributed by atoms with Gasteiger partial charge in [0.05, 0.1) is 11.8 Å². The number of aliphatic carboxylic acids is 1. The summed E-state index contributed by atoms with van der Waals surface area (Å²) in [4.78, 5) is 22.7. The fourth-order valence-electron chi connectivity index (χ4n) is 2.22. The van der Waals surface area contributed by atoms with E-state index in [2.05, 4.69) is 0 Å². The fourth-order valence-corrected chi connectivity index (χ4v) is 2.22. The van der Waals surface area contributed by atoms with Crippen LogP contribution in [0.2, 0.25) is 0 Å². The Morgan fingerprint density at radius 3 is 2.39 bits per heavy atom. The molecule has 0 atom stereocenters. The summed E-state index contributed by atoms with van der Waals surface area (Å²) in [5, 5.41) is 8.84. The van der Waals surface area contributed by atoms with Crippen molar-refractivity contribution >= 4 is 11.9 Å². The van der Waals surface area contributed by atoms with Crippen LogP contribution in [0.1, 0.15) is 31.2 Å². The lowest BCUT2D eigenvalue weighted by Crippen LogP contribution is -2.41. The highest BCUT2D eigenvalue weighted by Gasteiger charge is 2.47. The van der Waals surface area contributed by atoms with E-state index in [0.717, 1.165) is 12.0 Å². The van der Waals surface area contributed by atoms with Gasteiger partial charge in [-0.25, -0.2) is 0 Å². The van der Waals surface area contributed by atoms with Gasteiger partial charge < -0.3 is 9.84 Å². The first-order valence-electron chi connectivity index (χ1n) is 6.05. The van der Waals surface area contributed by atoms with E-state index in [9.17, 15) is 9.59 Å². The maximum Gasteiger partial charge on any atom is 0.312 e. The minimum Gasteiger partial charge on any atom is -0.481 e. The maximum absolute atomic E-state index is 12.0. The van der Waals surface area contributed by atoms with Gasteiger partial charge in [0.1, 0.15) is 6.61 Å². The van der Waals surface area contributed by atoms with E-state index in [1.807, 2.05) is 30.3 Å². The average Bonchev–Trinajstić information content (AvgIpc) is 2.32. The molecule has 1 fully saturated rings. The van der Waals surface area contributed by atoms with Crippen LogP contribution in [0, 0.1) is 5.41 Å². The third-order valence-corrected chi connectivity index (χ3v) is 3.45. The molecule has 1 aromatic rings. The van der Waals surface area contributed by atoms with Crippen molar-refractivity contribution in [3.8, 4) is 0 Å². The van der Waals surface area contributed by atoms with Gasteiger partial charge in [-0.1, -0.05) is 36.8 Å². The molecule has 1 aromatic carbocycles. The summed E-state index contributed by atoms with van der Waals surface area (Å²) >= 11 is 0. The second-order valence-electron chi connectivity index (χ2n) is 4.77. The summed E-state index contributed by atoms with van der Waals surface area (Å²) in [6.45, 7) is 0.209. The summed E-state index contributed by atoms with van der Waals surface area (Å²) < 4.78 is 5.23. The second-order valence-corrected chi connectivity index (χ2v) is 4.77. The third-order valence-electron chi connectivity index (χ3n) is 3.45. The van der Waals surface area contributed by atoms with Crippen LogP contribution >= 0.6 is 0 Å². The topological polar surface area (TPSA) is 63.6 Å². The van der Waals surface area contributed by atoms with E-state index in [1.165, 1.54) is 0 Å². The number of carboxylic acids is 1. The molecule has 0 unspecified atom stereocenters. The number of carbonyl (C=O) groups excluding carboxylic acids is 1. The second kappa shape index (κ2) is 5.21. The molecule has 0 radical (unpaired) electrons. The molecule has 1 aliphatic rings. The maximum atomic E-state index is 12.0. The molecule has 0 aromatic heterocycles. The minimum atomic E-state index is -0.939. The summed E-state index contributed by atoms with van der Waals surface area (Å²) in [5.41, 5.74) is 0.135. The highest BCUT2D eigenvalue weighted by atomic mass is 16.5. The molecule has 0 spiro atoms. The lowest BCUT2D eigenvalue weighted by molar-refractivity contribution is -0.168. The molecular weight excluding hydrogens is 232 g/mol. The first-order valence-corrected chi connectivity index (χ1v) is 6.05. The zero-order chi connectivity index (χ0) is 13.0. The van der Waals surface area contributed by atoms with Crippen molar-refractivity contribution in [2.24, 2.45) is 5.41 Å². The molecule has 1 N–H and O–H groups in total. The Morgan fingerprint density at radius 1 is 1.22 bits per heavy atom. The highest BCUT2D eigenvalue weighted by Crippen LogP contribution is 2.45. The molecule has 18 heavy (non-hydrogen) atoms. The number of hydrogen-bond donors (Lipinski definition) is 1. The summed E-state index contributed by atoms with van der Waals surface area (Å²) in [6, 6.07) is 9.39. The van der Waals surface area contributed by atoms with Gasteiger partial charge in [0, 0.05) is 0 Å². The number of benzene rings is 1. The van der Waals surface area contributed by atoms with Crippen LogP contribution in [-0.2, 0) is 20.9 Å². The highest BCUT2D eigenvalue weighted by molar-refractivity contribution is 5.83. The molecule has 0 aliphatic heterocycles. The van der Waals surface area contributed by atoms with Crippen molar-refractivity contribution < 1.29 is 19.4 Å². The van der Waals surface area contributed by atoms with Crippen LogP contribution < -0.4 is 0 Å². The summed E-state index contributed by atoms with van der Waals surface area (Å²) in [7, 11) is 0. The Hall–Kier alpha value is -1.84. The first kappa shape index (κ1) is 12.6. The molecule has 2 rings (SSSR count). The van der Waals surface area contributed by atoms with E-state index in [0.29, 0.717) is 12.8 Å². The van der Waals surface area contributed by atoms with Gasteiger partial charge in [0.15, 0.2) is 0 Å². The normalized spacial score (nSPS) is 16.7. The Bertz CT molecular complexity index is 434. The molecule has 1 aliphatic carbocycles. The third kappa shape index (κ3) is 2.70. The zero-order valence-corrected chi connectivity index (χ0v) is 10.1. The number of esters is 1. The minimum absolute atomic E-state index is 0.124. The molecule has 0 bridgehead atoms. The van der Waals surface area contributed by atoms with Crippen LogP contribution in [0.3, 0.4) is 0 Å². The Kier molecular flexibility index (Phi) is 3.65. The SMILES string of the molecule is O=C(O)CC1(C(=O)OCc2ccccc2)CCC1. The van der Waals surface area contributed by atoms with Gasteiger partial charge in [-0.3, -0.25) is 9.59 Å². The molecule has 4 heteroatoms. The lowest BCUT2D eigenvalue weighted by atomic mass is 9.66. The molecule has 0 amide bonds. The molecule has 96 valence electrons. The van der Waals surface area contributed by atoms with Crippen molar-refractivity contribution in [3.05, 3.63) is 35.9 Å². The van der Waals surface area contributed by atoms with E-state index in [1.54, 1.807) is 0 Å². The van der Waals surface area contributed by atoms with Crippen LogP contribution in [-0.4, -0.2) is 17.0 Å². The first-order chi connectivity index (χ1) is 8.62. The zero-order valence-electron chi connectivity index (χ0n) is 10.1. The smallest absolute Gasteiger partial charge is 0.312 e. The van der Waals surface area contributed by atoms with Gasteiger partial charge in [-0.05, 0) is 18.4 Å². The number of rotatable bonds is 5. The number of carbonyl (C=O) groups is 2. The van der Waals surface area contributed by atoms with Crippen LogP contribution in [0.4, 0.5) is 0 Å². The molecular formula is C14H16O4. The average molecular weight is 248 g/mol. The van der Waals surface area contributed by atoms with Gasteiger partial charge in [0.2, 0.25) is 0 Å². The van der Waals surface area contributed by atoms with E-state index in [4.69, 9.17) is 9.84 Å². The van der Waals surface area contributed by atoms with E-state index < -0.39 is 11.4 Å². The Morgan fingerprint density at radius 2 is 1.89 bits per heavy atom. The Labute approximate surface area is 106 Å². The van der Waals surface area contributed by atoms with E-state index in [-0.39, 0.29) is 19.0 Å². The molecule has 1 saturated carbocycles. The Balaban J connectivity index is 1.93. The largest absolute Gasteiger partial charge is 0.481 e. The predicted molar refractivity (Wildman–Crippen MR) is 64.8 cm³/mol. The van der Waals surface area contributed by atoms with Crippen molar-refractivity contribution in [2.75, 3.05) is 0 Å². The summed E-state index contributed by atoms with van der Waals surface area (Å²) in [6.07, 6.45) is 2.01. The number of ether oxygens (including phenoxy) is 1. The van der Waals surface area contributed by atoms with Gasteiger partial charge in [-0.15, -0.1) is 0 Å². The van der Waals surface area contributed by atoms with Crippen LogP contribution in [0.5, 0.6) is 0 Å². The van der Waals surface area contributed by atoms with Gasteiger partial charge in [-0.2, -0.15) is 0 Å². The summed E-state index contributed by atoms with van der Waals surface area (Å²) in [5.74, 6) is -1.31. The quantitative estimate of drug-likeness (QED) is 0.812. The van der Waals surface area contributed by atoms with Crippen molar-refractivity contribution in [2.45, 2.75) is 32.3 Å². The van der Waals surface area contributed by atoms with E-state index >= 15 is 0 Å². The fraction of sp³-hybridized carbons (Fsp3) is 0.429. The molecule has 0 saturated heterocycles. The van der Waals surface area contributed by atoms with Gasteiger partial charge >= 0.3 is 11.9 Å². The van der Waals surface area contributed by atoms with Crippen LogP contribution in [0.15, 0.2) is 30.3 Å². The monoisotopic (exact) mass is 248 g/mol. The van der Waals surface area contributed by atoms with Crippen molar-refractivity contribution in [1.29, 1.82) is 0 Å². The van der Waals surface area contributed by atoms with Crippen LogP contribution in [0.25, 0.3) is 0 Å².